The third-order valence-electron chi connectivity index (χ3n) is 1.55. The van der Waals surface area contributed by atoms with E-state index in [1.165, 1.54) is 0 Å². The molecule has 0 spiro atoms. The van der Waals surface area contributed by atoms with E-state index in [9.17, 15) is 4.57 Å². The number of aryl methyl sites for hydroxylation is 1. The number of aromatic nitrogens is 1. The lowest BCUT2D eigenvalue weighted by Gasteiger charge is -1.99. The number of rotatable bonds is 2. The third kappa shape index (κ3) is 2.38. The van der Waals surface area contributed by atoms with Crippen LogP contribution in [0.5, 0.6) is 0 Å². The first-order valence-corrected chi connectivity index (χ1v) is 6.28. The second-order valence-electron chi connectivity index (χ2n) is 3.14. The maximum atomic E-state index is 11.0. The standard InChI is InChI=1S/C7H12NO3PS/c1-4(2)6-8-5(3)7(13-6)12(9,10)11/h4H,1-3H3,(H2,9,10,11). The van der Waals surface area contributed by atoms with Crippen molar-refractivity contribution in [3.63, 3.8) is 0 Å². The zero-order valence-corrected chi connectivity index (χ0v) is 9.39. The van der Waals surface area contributed by atoms with Gasteiger partial charge in [-0.15, -0.1) is 11.3 Å². The molecule has 0 aliphatic rings. The maximum absolute atomic E-state index is 11.0. The molecule has 0 fully saturated rings. The molecule has 1 aromatic heterocycles. The van der Waals surface area contributed by atoms with Crippen molar-refractivity contribution in [1.29, 1.82) is 0 Å². The fourth-order valence-corrected chi connectivity index (χ4v) is 2.96. The first-order valence-electron chi connectivity index (χ1n) is 3.86. The molecule has 0 aliphatic heterocycles. The zero-order valence-electron chi connectivity index (χ0n) is 7.68. The van der Waals surface area contributed by atoms with Crippen LogP contribution in [0.2, 0.25) is 0 Å². The zero-order chi connectivity index (χ0) is 10.2. The molecule has 0 aromatic carbocycles. The molecule has 0 amide bonds. The lowest BCUT2D eigenvalue weighted by Crippen LogP contribution is -2.01. The van der Waals surface area contributed by atoms with Crippen molar-refractivity contribution < 1.29 is 14.4 Å². The summed E-state index contributed by atoms with van der Waals surface area (Å²) in [6.07, 6.45) is 0. The van der Waals surface area contributed by atoms with Gasteiger partial charge in [0.2, 0.25) is 0 Å². The second kappa shape index (κ2) is 3.50. The van der Waals surface area contributed by atoms with Crippen LogP contribution < -0.4 is 4.62 Å². The minimum atomic E-state index is -4.12. The van der Waals surface area contributed by atoms with E-state index in [1.807, 2.05) is 13.8 Å². The minimum Gasteiger partial charge on any atom is -0.320 e. The van der Waals surface area contributed by atoms with Crippen LogP contribution in [-0.2, 0) is 4.57 Å². The van der Waals surface area contributed by atoms with Gasteiger partial charge in [-0.25, -0.2) is 4.98 Å². The van der Waals surface area contributed by atoms with Crippen molar-refractivity contribution in [3.05, 3.63) is 10.7 Å². The van der Waals surface area contributed by atoms with E-state index >= 15 is 0 Å². The van der Waals surface area contributed by atoms with Crippen molar-refractivity contribution in [2.24, 2.45) is 0 Å². The molecule has 74 valence electrons. The van der Waals surface area contributed by atoms with Gasteiger partial charge in [-0.3, -0.25) is 4.57 Å². The van der Waals surface area contributed by atoms with Gasteiger partial charge >= 0.3 is 7.60 Å². The van der Waals surface area contributed by atoms with Crippen LogP contribution in [0.3, 0.4) is 0 Å². The van der Waals surface area contributed by atoms with Gasteiger partial charge in [-0.2, -0.15) is 0 Å². The highest BCUT2D eigenvalue weighted by molar-refractivity contribution is 7.67. The first-order chi connectivity index (χ1) is 5.82. The summed E-state index contributed by atoms with van der Waals surface area (Å²) in [7, 11) is -4.12. The fraction of sp³-hybridized carbons (Fsp3) is 0.571. The van der Waals surface area contributed by atoms with E-state index in [1.54, 1.807) is 6.92 Å². The summed E-state index contributed by atoms with van der Waals surface area (Å²) >= 11 is 1.10. The van der Waals surface area contributed by atoms with E-state index in [4.69, 9.17) is 9.79 Å². The van der Waals surface area contributed by atoms with E-state index in [0.29, 0.717) is 5.69 Å². The molecule has 1 rings (SSSR count). The van der Waals surface area contributed by atoms with Gasteiger partial charge in [0.15, 0.2) is 0 Å². The Hall–Kier alpha value is -0.220. The molecular weight excluding hydrogens is 209 g/mol. The molecule has 0 unspecified atom stereocenters. The Morgan fingerprint density at radius 2 is 2.00 bits per heavy atom. The molecule has 4 nitrogen and oxygen atoms in total. The van der Waals surface area contributed by atoms with Gasteiger partial charge in [0.05, 0.1) is 10.7 Å². The number of hydrogen-bond acceptors (Lipinski definition) is 3. The lowest BCUT2D eigenvalue weighted by atomic mass is 10.2. The van der Waals surface area contributed by atoms with Gasteiger partial charge < -0.3 is 9.79 Å². The molecule has 0 aliphatic carbocycles. The smallest absolute Gasteiger partial charge is 0.320 e. The summed E-state index contributed by atoms with van der Waals surface area (Å²) in [5.74, 6) is 0.212. The summed E-state index contributed by atoms with van der Waals surface area (Å²) in [6.45, 7) is 5.51. The summed E-state index contributed by atoms with van der Waals surface area (Å²) in [5, 5.41) is 0.774. The molecule has 0 radical (unpaired) electrons. The SMILES string of the molecule is Cc1nc(C(C)C)sc1P(=O)(O)O. The molecule has 0 saturated heterocycles. The summed E-state index contributed by atoms with van der Waals surface area (Å²) in [5.41, 5.74) is 0.446. The Labute approximate surface area is 80.8 Å². The monoisotopic (exact) mass is 221 g/mol. The van der Waals surface area contributed by atoms with Crippen LogP contribution in [0.25, 0.3) is 0 Å². The average molecular weight is 221 g/mol. The van der Waals surface area contributed by atoms with Gasteiger partial charge in [-0.05, 0) is 6.92 Å². The Balaban J connectivity index is 3.19. The van der Waals surface area contributed by atoms with Crippen molar-refractivity contribution in [2.75, 3.05) is 0 Å². The van der Waals surface area contributed by atoms with E-state index in [0.717, 1.165) is 16.3 Å². The number of hydrogen-bond donors (Lipinski definition) is 2. The summed E-state index contributed by atoms with van der Waals surface area (Å²) in [6, 6.07) is 0. The quantitative estimate of drug-likeness (QED) is 0.740. The topological polar surface area (TPSA) is 70.4 Å². The van der Waals surface area contributed by atoms with Crippen LogP contribution in [0.1, 0.15) is 30.5 Å². The molecule has 0 atom stereocenters. The van der Waals surface area contributed by atoms with E-state index < -0.39 is 7.60 Å². The van der Waals surface area contributed by atoms with E-state index in [-0.39, 0.29) is 10.5 Å². The predicted molar refractivity (Wildman–Crippen MR) is 52.6 cm³/mol. The van der Waals surface area contributed by atoms with Gasteiger partial charge in [0.1, 0.15) is 4.62 Å². The van der Waals surface area contributed by atoms with Crippen LogP contribution >= 0.6 is 18.9 Å². The molecule has 0 saturated carbocycles. The maximum Gasteiger partial charge on any atom is 0.368 e. The van der Waals surface area contributed by atoms with Gasteiger partial charge in [0.25, 0.3) is 0 Å². The highest BCUT2D eigenvalue weighted by atomic mass is 32.1. The van der Waals surface area contributed by atoms with Crippen molar-refractivity contribution >= 4 is 23.6 Å². The molecular formula is C7H12NO3PS. The van der Waals surface area contributed by atoms with Gasteiger partial charge in [0, 0.05) is 5.92 Å². The molecule has 2 N–H and O–H groups in total. The lowest BCUT2D eigenvalue weighted by molar-refractivity contribution is 0.388. The Morgan fingerprint density at radius 3 is 2.23 bits per heavy atom. The predicted octanol–water partition coefficient (Wildman–Crippen LogP) is 1.38. The fourth-order valence-electron chi connectivity index (χ4n) is 0.926. The number of nitrogens with zero attached hydrogens (tertiary/aromatic N) is 1. The van der Waals surface area contributed by atoms with Crippen molar-refractivity contribution in [2.45, 2.75) is 26.7 Å². The summed E-state index contributed by atoms with van der Waals surface area (Å²) < 4.78 is 11.0. The minimum absolute atomic E-state index is 0.0937. The molecule has 0 bridgehead atoms. The van der Waals surface area contributed by atoms with Crippen LogP contribution in [-0.4, -0.2) is 14.8 Å². The van der Waals surface area contributed by atoms with Crippen molar-refractivity contribution in [3.8, 4) is 0 Å². The molecule has 13 heavy (non-hydrogen) atoms. The Kier molecular flexibility index (Phi) is 2.92. The van der Waals surface area contributed by atoms with E-state index in [2.05, 4.69) is 4.98 Å². The van der Waals surface area contributed by atoms with Crippen molar-refractivity contribution in [1.82, 2.24) is 4.98 Å². The number of thiazole rings is 1. The largest absolute Gasteiger partial charge is 0.368 e. The summed E-state index contributed by atoms with van der Waals surface area (Å²) in [4.78, 5) is 22.0. The van der Waals surface area contributed by atoms with Crippen LogP contribution in [0.15, 0.2) is 0 Å². The molecule has 6 heteroatoms. The highest BCUT2D eigenvalue weighted by Crippen LogP contribution is 2.38. The molecule has 1 aromatic rings. The normalized spacial score (nSPS) is 12.5. The first kappa shape index (κ1) is 10.9. The Bertz CT molecular complexity index is 355. The highest BCUT2D eigenvalue weighted by Gasteiger charge is 2.24. The second-order valence-corrected chi connectivity index (χ2v) is 6.01. The van der Waals surface area contributed by atoms with Crippen LogP contribution in [0.4, 0.5) is 0 Å². The Morgan fingerprint density at radius 1 is 1.46 bits per heavy atom. The van der Waals surface area contributed by atoms with Gasteiger partial charge in [-0.1, -0.05) is 13.8 Å². The average Bonchev–Trinajstić information content (AvgIpc) is 2.29. The molecule has 1 heterocycles. The van der Waals surface area contributed by atoms with Crippen LogP contribution in [0, 0.1) is 6.92 Å². The third-order valence-corrected chi connectivity index (χ3v) is 4.65.